The number of amides is 2. The molecule has 0 radical (unpaired) electrons. The van der Waals surface area contributed by atoms with Crippen LogP contribution >= 0.6 is 0 Å². The van der Waals surface area contributed by atoms with Crippen LogP contribution in [0.4, 0.5) is 0 Å². The maximum absolute atomic E-state index is 13.0. The second kappa shape index (κ2) is 9.17. The van der Waals surface area contributed by atoms with E-state index in [1.54, 1.807) is 6.07 Å². The van der Waals surface area contributed by atoms with Crippen LogP contribution in [0.5, 0.6) is 0 Å². The fourth-order valence-electron chi connectivity index (χ4n) is 3.62. The van der Waals surface area contributed by atoms with Crippen molar-refractivity contribution in [3.8, 4) is 0 Å². The van der Waals surface area contributed by atoms with Crippen molar-refractivity contribution in [3.63, 3.8) is 0 Å². The van der Waals surface area contributed by atoms with Gasteiger partial charge < -0.3 is 16.0 Å². The lowest BCUT2D eigenvalue weighted by Crippen LogP contribution is -2.52. The van der Waals surface area contributed by atoms with Crippen molar-refractivity contribution in [1.29, 1.82) is 0 Å². The first kappa shape index (κ1) is 20.4. The smallest absolute Gasteiger partial charge is 0.252 e. The van der Waals surface area contributed by atoms with Crippen LogP contribution in [0.3, 0.4) is 0 Å². The molecule has 3 N–H and O–H groups in total. The van der Waals surface area contributed by atoms with Crippen LogP contribution in [0, 0.1) is 18.8 Å². The monoisotopic (exact) mass is 359 g/mol. The fourth-order valence-corrected chi connectivity index (χ4v) is 3.62. The number of carbonyl (C=O) groups excluding carboxylic acids is 2. The molecule has 1 aromatic carbocycles. The number of aryl methyl sites for hydroxylation is 1. The molecule has 1 saturated heterocycles. The fraction of sp³-hybridized carbons (Fsp3) is 0.619. The summed E-state index contributed by atoms with van der Waals surface area (Å²) in [5, 5.41) is 2.98. The summed E-state index contributed by atoms with van der Waals surface area (Å²) in [6.07, 6.45) is 2.51. The molecular weight excluding hydrogens is 326 g/mol. The molecule has 0 aromatic heterocycles. The summed E-state index contributed by atoms with van der Waals surface area (Å²) in [6.45, 7) is 9.53. The lowest BCUT2D eigenvalue weighted by atomic mass is 9.90. The lowest BCUT2D eigenvalue weighted by Gasteiger charge is -2.36. The predicted octanol–water partition coefficient (Wildman–Crippen LogP) is 2.73. The topological polar surface area (TPSA) is 75.4 Å². The van der Waals surface area contributed by atoms with Crippen LogP contribution in [-0.2, 0) is 4.79 Å². The van der Waals surface area contributed by atoms with E-state index in [1.807, 2.05) is 36.9 Å². The minimum atomic E-state index is -0.478. The molecule has 2 amide bonds. The van der Waals surface area contributed by atoms with Crippen molar-refractivity contribution in [2.75, 3.05) is 13.1 Å². The summed E-state index contributed by atoms with van der Waals surface area (Å²) in [4.78, 5) is 27.6. The van der Waals surface area contributed by atoms with Gasteiger partial charge in [0.05, 0.1) is 0 Å². The van der Waals surface area contributed by atoms with E-state index in [0.29, 0.717) is 23.8 Å². The number of likely N-dealkylation sites (tertiary alicyclic amines) is 1. The van der Waals surface area contributed by atoms with Crippen LogP contribution in [-0.4, -0.2) is 41.9 Å². The third-order valence-electron chi connectivity index (χ3n) is 5.30. The van der Waals surface area contributed by atoms with E-state index >= 15 is 0 Å². The highest BCUT2D eigenvalue weighted by molar-refractivity contribution is 5.98. The summed E-state index contributed by atoms with van der Waals surface area (Å²) < 4.78 is 0. The second-order valence-corrected chi connectivity index (χ2v) is 7.99. The molecule has 2 unspecified atom stereocenters. The highest BCUT2D eigenvalue weighted by Crippen LogP contribution is 2.21. The van der Waals surface area contributed by atoms with Gasteiger partial charge in [0.15, 0.2) is 0 Å². The average molecular weight is 360 g/mol. The van der Waals surface area contributed by atoms with E-state index in [9.17, 15) is 9.59 Å². The Kier molecular flexibility index (Phi) is 7.21. The first-order chi connectivity index (χ1) is 12.3. The molecule has 1 aliphatic rings. The molecule has 0 saturated carbocycles. The van der Waals surface area contributed by atoms with E-state index in [1.165, 1.54) is 0 Å². The number of piperidine rings is 1. The third-order valence-corrected chi connectivity index (χ3v) is 5.30. The van der Waals surface area contributed by atoms with E-state index in [0.717, 1.165) is 31.5 Å². The Morgan fingerprint density at radius 3 is 2.35 bits per heavy atom. The van der Waals surface area contributed by atoms with Crippen molar-refractivity contribution < 1.29 is 9.59 Å². The van der Waals surface area contributed by atoms with Crippen molar-refractivity contribution in [2.24, 2.45) is 17.6 Å². The number of hydrogen-bond donors (Lipinski definition) is 2. The van der Waals surface area contributed by atoms with Crippen molar-refractivity contribution >= 4 is 11.8 Å². The zero-order chi connectivity index (χ0) is 19.3. The molecule has 0 spiro atoms. The van der Waals surface area contributed by atoms with Gasteiger partial charge in [-0.3, -0.25) is 9.59 Å². The van der Waals surface area contributed by atoms with Gasteiger partial charge in [-0.2, -0.15) is 0 Å². The SMILES string of the molecule is Cc1ccccc1C(=O)NC(CC(C)C)C(=O)N1CCC(C(C)N)CC1. The molecule has 0 bridgehead atoms. The quantitative estimate of drug-likeness (QED) is 0.820. The molecule has 144 valence electrons. The number of rotatable bonds is 6. The van der Waals surface area contributed by atoms with Gasteiger partial charge in [-0.1, -0.05) is 32.0 Å². The highest BCUT2D eigenvalue weighted by Gasteiger charge is 2.31. The van der Waals surface area contributed by atoms with Crippen LogP contribution in [0.15, 0.2) is 24.3 Å². The van der Waals surface area contributed by atoms with Crippen LogP contribution in [0.1, 0.15) is 56.0 Å². The average Bonchev–Trinajstić information content (AvgIpc) is 2.60. The van der Waals surface area contributed by atoms with Gasteiger partial charge >= 0.3 is 0 Å². The maximum atomic E-state index is 13.0. The summed E-state index contributed by atoms with van der Waals surface area (Å²) in [7, 11) is 0. The number of benzene rings is 1. The summed E-state index contributed by atoms with van der Waals surface area (Å²) in [5.41, 5.74) is 7.54. The molecule has 0 aliphatic carbocycles. The van der Waals surface area contributed by atoms with Gasteiger partial charge in [0.25, 0.3) is 5.91 Å². The molecule has 1 aliphatic heterocycles. The van der Waals surface area contributed by atoms with Gasteiger partial charge in [0, 0.05) is 24.7 Å². The second-order valence-electron chi connectivity index (χ2n) is 7.99. The minimum Gasteiger partial charge on any atom is -0.341 e. The Balaban J connectivity index is 2.06. The zero-order valence-electron chi connectivity index (χ0n) is 16.5. The summed E-state index contributed by atoms with van der Waals surface area (Å²) in [5.74, 6) is 0.656. The standard InChI is InChI=1S/C21H33N3O2/c1-14(2)13-19(23-20(25)18-8-6-5-7-15(18)3)21(26)24-11-9-17(10-12-24)16(4)22/h5-8,14,16-17,19H,9-13,22H2,1-4H3,(H,23,25). The third kappa shape index (κ3) is 5.31. The van der Waals surface area contributed by atoms with E-state index in [2.05, 4.69) is 19.2 Å². The van der Waals surface area contributed by atoms with Gasteiger partial charge in [-0.15, -0.1) is 0 Å². The minimum absolute atomic E-state index is 0.0313. The van der Waals surface area contributed by atoms with Crippen LogP contribution in [0.2, 0.25) is 0 Å². The number of carbonyl (C=O) groups is 2. The highest BCUT2D eigenvalue weighted by atomic mass is 16.2. The maximum Gasteiger partial charge on any atom is 0.252 e. The largest absolute Gasteiger partial charge is 0.341 e. The number of nitrogens with zero attached hydrogens (tertiary/aromatic N) is 1. The van der Waals surface area contributed by atoms with Crippen molar-refractivity contribution in [2.45, 2.75) is 59.0 Å². The number of nitrogens with one attached hydrogen (secondary N) is 1. The van der Waals surface area contributed by atoms with Crippen molar-refractivity contribution in [3.05, 3.63) is 35.4 Å². The molecule has 5 heteroatoms. The van der Waals surface area contributed by atoms with E-state index in [4.69, 9.17) is 5.73 Å². The molecule has 2 rings (SSSR count). The number of hydrogen-bond acceptors (Lipinski definition) is 3. The molecule has 1 heterocycles. The Morgan fingerprint density at radius 1 is 1.19 bits per heavy atom. The molecule has 1 aromatic rings. The normalized spacial score (nSPS) is 17.8. The first-order valence-corrected chi connectivity index (χ1v) is 9.70. The van der Waals surface area contributed by atoms with Gasteiger partial charge in [-0.05, 0) is 56.6 Å². The molecule has 2 atom stereocenters. The first-order valence-electron chi connectivity index (χ1n) is 9.70. The summed E-state index contributed by atoms with van der Waals surface area (Å²) in [6, 6.07) is 7.15. The zero-order valence-corrected chi connectivity index (χ0v) is 16.5. The lowest BCUT2D eigenvalue weighted by molar-refractivity contribution is -0.135. The van der Waals surface area contributed by atoms with Crippen LogP contribution in [0.25, 0.3) is 0 Å². The van der Waals surface area contributed by atoms with Crippen molar-refractivity contribution in [1.82, 2.24) is 10.2 Å². The Morgan fingerprint density at radius 2 is 1.81 bits per heavy atom. The van der Waals surface area contributed by atoms with Gasteiger partial charge in [0.1, 0.15) is 6.04 Å². The number of nitrogens with two attached hydrogens (primary N) is 1. The van der Waals surface area contributed by atoms with E-state index in [-0.39, 0.29) is 17.9 Å². The molecule has 5 nitrogen and oxygen atoms in total. The van der Waals surface area contributed by atoms with Crippen LogP contribution < -0.4 is 11.1 Å². The Hall–Kier alpha value is -1.88. The Labute approximate surface area is 157 Å². The van der Waals surface area contributed by atoms with E-state index < -0.39 is 6.04 Å². The molecule has 26 heavy (non-hydrogen) atoms. The molecule has 1 fully saturated rings. The van der Waals surface area contributed by atoms with Gasteiger partial charge in [0.2, 0.25) is 5.91 Å². The Bertz CT molecular complexity index is 619. The molecular formula is C21H33N3O2. The predicted molar refractivity (Wildman–Crippen MR) is 105 cm³/mol. The van der Waals surface area contributed by atoms with Gasteiger partial charge in [-0.25, -0.2) is 0 Å². The summed E-state index contributed by atoms with van der Waals surface area (Å²) >= 11 is 0.